The van der Waals surface area contributed by atoms with E-state index in [0.29, 0.717) is 6.42 Å². The van der Waals surface area contributed by atoms with E-state index in [1.807, 2.05) is 42.5 Å². The van der Waals surface area contributed by atoms with Crippen LogP contribution in [0, 0.1) is 23.7 Å². The molecular weight excluding hydrogens is 292 g/mol. The summed E-state index contributed by atoms with van der Waals surface area (Å²) in [5.74, 6) is -2.05. The fourth-order valence-corrected chi connectivity index (χ4v) is 3.30. The predicted molar refractivity (Wildman–Crippen MR) is 88.3 cm³/mol. The Morgan fingerprint density at radius 2 is 1.61 bits per heavy atom. The number of methoxy groups -OCH3 is 2. The minimum Gasteiger partial charge on any atom is -0.469 e. The van der Waals surface area contributed by atoms with E-state index in [2.05, 4.69) is 6.58 Å². The van der Waals surface area contributed by atoms with Crippen LogP contribution < -0.4 is 0 Å². The number of ether oxygens (including phenoxy) is 2. The predicted octanol–water partition coefficient (Wildman–Crippen LogP) is 3.10. The highest BCUT2D eigenvalue weighted by Crippen LogP contribution is 2.44. The molecule has 23 heavy (non-hydrogen) atoms. The number of allylic oxidation sites excluding steroid dienone is 2. The van der Waals surface area contributed by atoms with Crippen molar-refractivity contribution in [3.05, 3.63) is 54.6 Å². The van der Waals surface area contributed by atoms with E-state index >= 15 is 0 Å². The molecule has 0 amide bonds. The lowest BCUT2D eigenvalue weighted by atomic mass is 9.86. The quantitative estimate of drug-likeness (QED) is 0.619. The summed E-state index contributed by atoms with van der Waals surface area (Å²) in [6.07, 6.45) is 6.36. The van der Waals surface area contributed by atoms with Gasteiger partial charge in [-0.05, 0) is 23.8 Å². The van der Waals surface area contributed by atoms with E-state index in [9.17, 15) is 9.59 Å². The molecule has 4 unspecified atom stereocenters. The van der Waals surface area contributed by atoms with Gasteiger partial charge in [-0.15, -0.1) is 6.58 Å². The van der Waals surface area contributed by atoms with Crippen molar-refractivity contribution >= 4 is 18.0 Å². The summed E-state index contributed by atoms with van der Waals surface area (Å²) in [6.45, 7) is 3.80. The Kier molecular flexibility index (Phi) is 5.74. The van der Waals surface area contributed by atoms with Crippen molar-refractivity contribution in [2.24, 2.45) is 23.7 Å². The molecule has 2 rings (SSSR count). The van der Waals surface area contributed by atoms with Crippen molar-refractivity contribution in [3.8, 4) is 0 Å². The summed E-state index contributed by atoms with van der Waals surface area (Å²) < 4.78 is 9.80. The summed E-state index contributed by atoms with van der Waals surface area (Å²) in [5.41, 5.74) is 1.05. The van der Waals surface area contributed by atoms with Gasteiger partial charge in [0.25, 0.3) is 0 Å². The topological polar surface area (TPSA) is 52.6 Å². The van der Waals surface area contributed by atoms with E-state index in [1.165, 1.54) is 14.2 Å². The van der Waals surface area contributed by atoms with E-state index in [0.717, 1.165) is 5.56 Å². The molecule has 1 saturated carbocycles. The Hall–Kier alpha value is -2.36. The van der Waals surface area contributed by atoms with Crippen molar-refractivity contribution in [1.82, 2.24) is 0 Å². The van der Waals surface area contributed by atoms with Gasteiger partial charge in [0.2, 0.25) is 0 Å². The third-order valence-electron chi connectivity index (χ3n) is 4.44. The van der Waals surface area contributed by atoms with Crippen molar-refractivity contribution in [3.63, 3.8) is 0 Å². The number of hydrogen-bond donors (Lipinski definition) is 0. The SMILES string of the molecule is C=CC1CC(/C=C\c2ccccc2)C(C(=O)OC)C1C(=O)OC. The first-order valence-corrected chi connectivity index (χ1v) is 7.63. The van der Waals surface area contributed by atoms with Crippen LogP contribution in [0.25, 0.3) is 6.08 Å². The molecule has 0 bridgehead atoms. The van der Waals surface area contributed by atoms with Gasteiger partial charge in [0, 0.05) is 0 Å². The smallest absolute Gasteiger partial charge is 0.310 e. The van der Waals surface area contributed by atoms with E-state index < -0.39 is 11.8 Å². The Labute approximate surface area is 136 Å². The molecule has 1 aliphatic rings. The Morgan fingerprint density at radius 1 is 1.04 bits per heavy atom. The highest BCUT2D eigenvalue weighted by molar-refractivity contribution is 5.84. The van der Waals surface area contributed by atoms with Crippen LogP contribution in [0.3, 0.4) is 0 Å². The second-order valence-electron chi connectivity index (χ2n) is 5.67. The van der Waals surface area contributed by atoms with Gasteiger partial charge in [0.1, 0.15) is 0 Å². The number of hydrogen-bond acceptors (Lipinski definition) is 4. The number of benzene rings is 1. The van der Waals surface area contributed by atoms with Crippen molar-refractivity contribution in [2.45, 2.75) is 6.42 Å². The molecule has 0 N–H and O–H groups in total. The summed E-state index contributed by atoms with van der Waals surface area (Å²) in [5, 5.41) is 0. The van der Waals surface area contributed by atoms with Crippen LogP contribution in [-0.2, 0) is 19.1 Å². The minimum absolute atomic E-state index is 0.0882. The maximum absolute atomic E-state index is 12.2. The molecule has 1 fully saturated rings. The van der Waals surface area contributed by atoms with Crippen molar-refractivity contribution < 1.29 is 19.1 Å². The third kappa shape index (κ3) is 3.70. The summed E-state index contributed by atoms with van der Waals surface area (Å²) in [6, 6.07) is 9.83. The maximum atomic E-state index is 12.2. The Bertz CT molecular complexity index is 591. The number of esters is 2. The first-order valence-electron chi connectivity index (χ1n) is 7.63. The normalized spacial score (nSPS) is 26.9. The van der Waals surface area contributed by atoms with E-state index in [1.54, 1.807) is 6.08 Å². The fraction of sp³-hybridized carbons (Fsp3) is 0.368. The molecular formula is C19H22O4. The zero-order valence-electron chi connectivity index (χ0n) is 13.5. The van der Waals surface area contributed by atoms with E-state index in [4.69, 9.17) is 9.47 Å². The summed E-state index contributed by atoms with van der Waals surface area (Å²) >= 11 is 0. The molecule has 1 aliphatic carbocycles. The first kappa shape index (κ1) is 17.0. The zero-order chi connectivity index (χ0) is 16.8. The molecule has 1 aromatic carbocycles. The molecule has 1 aromatic rings. The van der Waals surface area contributed by atoms with Crippen LogP contribution in [0.15, 0.2) is 49.1 Å². The number of carbonyl (C=O) groups is 2. The monoisotopic (exact) mass is 314 g/mol. The lowest BCUT2D eigenvalue weighted by molar-refractivity contribution is -0.157. The third-order valence-corrected chi connectivity index (χ3v) is 4.44. The van der Waals surface area contributed by atoms with Crippen molar-refractivity contribution in [1.29, 1.82) is 0 Å². The van der Waals surface area contributed by atoms with Crippen molar-refractivity contribution in [2.75, 3.05) is 14.2 Å². The molecule has 4 nitrogen and oxygen atoms in total. The average molecular weight is 314 g/mol. The van der Waals surface area contributed by atoms with Gasteiger partial charge in [-0.1, -0.05) is 48.6 Å². The van der Waals surface area contributed by atoms with Crippen LogP contribution in [0.1, 0.15) is 12.0 Å². The second-order valence-corrected chi connectivity index (χ2v) is 5.67. The van der Waals surface area contributed by atoms with Gasteiger partial charge in [-0.3, -0.25) is 9.59 Å². The van der Waals surface area contributed by atoms with Gasteiger partial charge >= 0.3 is 11.9 Å². The van der Waals surface area contributed by atoms with Gasteiger partial charge in [-0.25, -0.2) is 0 Å². The second kappa shape index (κ2) is 7.77. The molecule has 0 spiro atoms. The van der Waals surface area contributed by atoms with Crippen LogP contribution in [0.4, 0.5) is 0 Å². The lowest BCUT2D eigenvalue weighted by Gasteiger charge is -2.20. The largest absolute Gasteiger partial charge is 0.469 e. The molecule has 4 atom stereocenters. The minimum atomic E-state index is -0.546. The molecule has 0 radical (unpaired) electrons. The van der Waals surface area contributed by atoms with Gasteiger partial charge in [-0.2, -0.15) is 0 Å². The standard InChI is InChI=1S/C19H22O4/c1-4-14-12-15(11-10-13-8-6-5-7-9-13)17(19(21)23-3)16(14)18(20)22-2/h4-11,14-17H,1,12H2,2-3H3/b11-10-. The fourth-order valence-electron chi connectivity index (χ4n) is 3.30. The highest BCUT2D eigenvalue weighted by atomic mass is 16.5. The molecule has 0 aliphatic heterocycles. The first-order chi connectivity index (χ1) is 11.1. The average Bonchev–Trinajstić information content (AvgIpc) is 2.98. The number of rotatable bonds is 5. The van der Waals surface area contributed by atoms with Gasteiger partial charge in [0.15, 0.2) is 0 Å². The molecule has 0 heterocycles. The van der Waals surface area contributed by atoms with Crippen LogP contribution in [0.2, 0.25) is 0 Å². The molecule has 0 saturated heterocycles. The highest BCUT2D eigenvalue weighted by Gasteiger charge is 2.49. The molecule has 122 valence electrons. The van der Waals surface area contributed by atoms with Crippen LogP contribution in [0.5, 0.6) is 0 Å². The Morgan fingerprint density at radius 3 is 2.13 bits per heavy atom. The molecule has 4 heteroatoms. The van der Waals surface area contributed by atoms with E-state index in [-0.39, 0.29) is 23.8 Å². The summed E-state index contributed by atoms with van der Waals surface area (Å²) in [4.78, 5) is 24.4. The number of carbonyl (C=O) groups excluding carboxylic acids is 2. The zero-order valence-corrected chi connectivity index (χ0v) is 13.5. The summed E-state index contributed by atoms with van der Waals surface area (Å²) in [7, 11) is 2.68. The van der Waals surface area contributed by atoms with Crippen LogP contribution in [-0.4, -0.2) is 26.2 Å². The van der Waals surface area contributed by atoms with Gasteiger partial charge in [0.05, 0.1) is 26.1 Å². The molecule has 0 aromatic heterocycles. The lowest BCUT2D eigenvalue weighted by Crippen LogP contribution is -2.32. The maximum Gasteiger partial charge on any atom is 0.310 e. The Balaban J connectivity index is 2.29. The van der Waals surface area contributed by atoms with Gasteiger partial charge < -0.3 is 9.47 Å². The van der Waals surface area contributed by atoms with Crippen LogP contribution >= 0.6 is 0 Å².